The van der Waals surface area contributed by atoms with Crippen LogP contribution in [0.4, 0.5) is 17.6 Å². The van der Waals surface area contributed by atoms with Crippen molar-refractivity contribution < 1.29 is 22.0 Å². The highest BCUT2D eigenvalue weighted by Gasteiger charge is 2.33. The van der Waals surface area contributed by atoms with Crippen LogP contribution in [-0.4, -0.2) is 9.97 Å². The van der Waals surface area contributed by atoms with E-state index in [4.69, 9.17) is 4.42 Å². The number of aromatic amines is 1. The Morgan fingerprint density at radius 3 is 2.62 bits per heavy atom. The van der Waals surface area contributed by atoms with Gasteiger partial charge in [0, 0.05) is 5.39 Å². The van der Waals surface area contributed by atoms with Gasteiger partial charge in [0.2, 0.25) is 0 Å². The molecule has 0 aliphatic carbocycles. The molecule has 2 aromatic heterocycles. The van der Waals surface area contributed by atoms with Gasteiger partial charge in [0.1, 0.15) is 11.4 Å². The molecule has 0 aliphatic heterocycles. The molecule has 0 fully saturated rings. The van der Waals surface area contributed by atoms with Gasteiger partial charge in [0.25, 0.3) is 0 Å². The summed E-state index contributed by atoms with van der Waals surface area (Å²) in [5, 5.41) is 0.362. The summed E-state index contributed by atoms with van der Waals surface area (Å²) >= 11 is 0. The summed E-state index contributed by atoms with van der Waals surface area (Å²) in [7, 11) is 0. The van der Waals surface area contributed by atoms with Crippen LogP contribution in [0.5, 0.6) is 0 Å². The molecule has 21 heavy (non-hydrogen) atoms. The zero-order valence-electron chi connectivity index (χ0n) is 10.2. The second kappa shape index (κ2) is 4.44. The number of nitrogens with zero attached hydrogens (tertiary/aromatic N) is 1. The molecule has 0 saturated carbocycles. The van der Waals surface area contributed by atoms with Crippen LogP contribution in [0.25, 0.3) is 22.4 Å². The number of H-pyrrole nitrogens is 1. The van der Waals surface area contributed by atoms with Crippen LogP contribution in [0.15, 0.2) is 39.5 Å². The molecule has 3 aromatic rings. The number of benzene rings is 1. The van der Waals surface area contributed by atoms with E-state index in [-0.39, 0.29) is 17.0 Å². The average molecular weight is 298 g/mol. The summed E-state index contributed by atoms with van der Waals surface area (Å²) in [5.41, 5.74) is -2.84. The standard InChI is InChI=1S/C13H6F4N2O2/c14-7-3-1-2-6-4-9(21-11(6)7)8-5-10(13(15,16)17)19-12(20)18-8/h1-5H,(H,18,19,20). The number of fused-ring (bicyclic) bond motifs is 1. The Labute approximate surface area is 114 Å². The molecule has 0 saturated heterocycles. The first-order chi connectivity index (χ1) is 9.84. The number of alkyl halides is 3. The molecule has 3 rings (SSSR count). The van der Waals surface area contributed by atoms with E-state index < -0.39 is 23.4 Å². The molecule has 0 atom stereocenters. The molecule has 2 heterocycles. The third-order valence-electron chi connectivity index (χ3n) is 2.80. The van der Waals surface area contributed by atoms with Crippen molar-refractivity contribution in [2.75, 3.05) is 0 Å². The first kappa shape index (κ1) is 13.3. The predicted molar refractivity (Wildman–Crippen MR) is 65.0 cm³/mol. The highest BCUT2D eigenvalue weighted by atomic mass is 19.4. The summed E-state index contributed by atoms with van der Waals surface area (Å²) in [6.45, 7) is 0. The molecular weight excluding hydrogens is 292 g/mol. The lowest BCUT2D eigenvalue weighted by molar-refractivity contribution is -0.141. The van der Waals surface area contributed by atoms with E-state index in [1.165, 1.54) is 18.2 Å². The van der Waals surface area contributed by atoms with Gasteiger partial charge in [0.05, 0.1) is 0 Å². The van der Waals surface area contributed by atoms with E-state index in [1.54, 1.807) is 4.98 Å². The quantitative estimate of drug-likeness (QED) is 0.701. The van der Waals surface area contributed by atoms with Gasteiger partial charge in [-0.15, -0.1) is 0 Å². The summed E-state index contributed by atoms with van der Waals surface area (Å²) in [4.78, 5) is 16.2. The van der Waals surface area contributed by atoms with Gasteiger partial charge in [-0.25, -0.2) is 9.18 Å². The summed E-state index contributed by atoms with van der Waals surface area (Å²) in [6.07, 6.45) is -4.73. The molecule has 0 unspecified atom stereocenters. The van der Waals surface area contributed by atoms with Gasteiger partial charge in [0.15, 0.2) is 17.2 Å². The van der Waals surface area contributed by atoms with Crippen molar-refractivity contribution in [3.63, 3.8) is 0 Å². The average Bonchev–Trinajstić information content (AvgIpc) is 2.82. The normalized spacial score (nSPS) is 12.0. The van der Waals surface area contributed by atoms with Crippen molar-refractivity contribution in [3.05, 3.63) is 52.3 Å². The third-order valence-corrected chi connectivity index (χ3v) is 2.80. The SMILES string of the molecule is O=c1nc(-c2cc3cccc(F)c3o2)cc(C(F)(F)F)[nH]1. The van der Waals surface area contributed by atoms with E-state index in [9.17, 15) is 22.4 Å². The zero-order chi connectivity index (χ0) is 15.2. The van der Waals surface area contributed by atoms with E-state index >= 15 is 0 Å². The van der Waals surface area contributed by atoms with E-state index in [1.807, 2.05) is 0 Å². The van der Waals surface area contributed by atoms with Gasteiger partial charge in [-0.2, -0.15) is 18.2 Å². The maximum Gasteiger partial charge on any atom is 0.431 e. The number of para-hydroxylation sites is 1. The molecule has 4 nitrogen and oxygen atoms in total. The number of aromatic nitrogens is 2. The number of furan rings is 1. The summed E-state index contributed by atoms with van der Waals surface area (Å²) in [5.74, 6) is -0.772. The number of nitrogens with one attached hydrogen (secondary N) is 1. The summed E-state index contributed by atoms with van der Waals surface area (Å²) < 4.78 is 56.6. The molecule has 0 amide bonds. The van der Waals surface area contributed by atoms with Crippen molar-refractivity contribution in [1.29, 1.82) is 0 Å². The smallest absolute Gasteiger partial charge is 0.431 e. The first-order valence-corrected chi connectivity index (χ1v) is 5.71. The van der Waals surface area contributed by atoms with Gasteiger partial charge >= 0.3 is 11.9 Å². The Morgan fingerprint density at radius 1 is 1.19 bits per heavy atom. The number of hydrogen-bond donors (Lipinski definition) is 1. The van der Waals surface area contributed by atoms with Crippen molar-refractivity contribution >= 4 is 11.0 Å². The van der Waals surface area contributed by atoms with E-state index in [2.05, 4.69) is 4.98 Å². The molecule has 1 N–H and O–H groups in total. The maximum atomic E-state index is 13.5. The van der Waals surface area contributed by atoms with Crippen LogP contribution in [0, 0.1) is 5.82 Å². The van der Waals surface area contributed by atoms with Crippen molar-refractivity contribution in [3.8, 4) is 11.5 Å². The Hall–Kier alpha value is -2.64. The zero-order valence-corrected chi connectivity index (χ0v) is 10.2. The van der Waals surface area contributed by atoms with Crippen LogP contribution in [0.2, 0.25) is 0 Å². The second-order valence-corrected chi connectivity index (χ2v) is 4.25. The van der Waals surface area contributed by atoms with Crippen LogP contribution in [0.1, 0.15) is 5.69 Å². The fourth-order valence-corrected chi connectivity index (χ4v) is 1.89. The first-order valence-electron chi connectivity index (χ1n) is 5.71. The van der Waals surface area contributed by atoms with Gasteiger partial charge in [-0.1, -0.05) is 12.1 Å². The highest BCUT2D eigenvalue weighted by Crippen LogP contribution is 2.31. The lowest BCUT2D eigenvalue weighted by atomic mass is 10.2. The van der Waals surface area contributed by atoms with Gasteiger partial charge in [-0.05, 0) is 18.2 Å². The van der Waals surface area contributed by atoms with Crippen molar-refractivity contribution in [2.24, 2.45) is 0 Å². The Kier molecular flexibility index (Phi) is 2.82. The molecule has 0 aliphatic rings. The topological polar surface area (TPSA) is 58.9 Å². The minimum absolute atomic E-state index is 0.108. The van der Waals surface area contributed by atoms with Crippen LogP contribution >= 0.6 is 0 Å². The van der Waals surface area contributed by atoms with Crippen molar-refractivity contribution in [2.45, 2.75) is 6.18 Å². The number of halogens is 4. The third kappa shape index (κ3) is 2.39. The minimum atomic E-state index is -4.73. The Morgan fingerprint density at radius 2 is 1.95 bits per heavy atom. The monoisotopic (exact) mass is 298 g/mol. The Bertz CT molecular complexity index is 880. The largest absolute Gasteiger partial charge is 0.451 e. The lowest BCUT2D eigenvalue weighted by Gasteiger charge is -2.06. The van der Waals surface area contributed by atoms with Crippen LogP contribution < -0.4 is 5.69 Å². The van der Waals surface area contributed by atoms with E-state index in [0.717, 1.165) is 6.07 Å². The molecule has 0 radical (unpaired) electrons. The van der Waals surface area contributed by atoms with E-state index in [0.29, 0.717) is 11.5 Å². The summed E-state index contributed by atoms with van der Waals surface area (Å²) in [6, 6.07) is 6.08. The molecule has 0 bridgehead atoms. The second-order valence-electron chi connectivity index (χ2n) is 4.25. The molecule has 108 valence electrons. The van der Waals surface area contributed by atoms with Crippen LogP contribution in [0.3, 0.4) is 0 Å². The molecule has 0 spiro atoms. The Balaban J connectivity index is 2.21. The molecule has 8 heteroatoms. The van der Waals surface area contributed by atoms with Gasteiger partial charge in [-0.3, -0.25) is 0 Å². The number of rotatable bonds is 1. The van der Waals surface area contributed by atoms with Crippen molar-refractivity contribution in [1.82, 2.24) is 9.97 Å². The fraction of sp³-hybridized carbons (Fsp3) is 0.0769. The lowest BCUT2D eigenvalue weighted by Crippen LogP contribution is -2.19. The number of hydrogen-bond acceptors (Lipinski definition) is 3. The maximum absolute atomic E-state index is 13.5. The highest BCUT2D eigenvalue weighted by molar-refractivity contribution is 5.82. The van der Waals surface area contributed by atoms with Crippen LogP contribution in [-0.2, 0) is 6.18 Å². The minimum Gasteiger partial charge on any atom is -0.451 e. The fourth-order valence-electron chi connectivity index (χ4n) is 1.89. The van der Waals surface area contributed by atoms with Gasteiger partial charge < -0.3 is 9.40 Å². The molecule has 1 aromatic carbocycles. The predicted octanol–water partition coefficient (Wildman–Crippen LogP) is 3.34. The molecular formula is C13H6F4N2O2.